The molecule has 1 aromatic carbocycles. The van der Waals surface area contributed by atoms with Gasteiger partial charge in [-0.3, -0.25) is 4.79 Å². The highest BCUT2D eigenvalue weighted by Gasteiger charge is 2.21. The minimum Gasteiger partial charge on any atom is -0.456 e. The summed E-state index contributed by atoms with van der Waals surface area (Å²) in [7, 11) is 0. The highest BCUT2D eigenvalue weighted by Crippen LogP contribution is 2.17. The Morgan fingerprint density at radius 2 is 1.91 bits per heavy atom. The van der Waals surface area contributed by atoms with Crippen molar-refractivity contribution < 1.29 is 9.21 Å². The first-order valence-electron chi connectivity index (χ1n) is 7.22. The van der Waals surface area contributed by atoms with E-state index in [0.29, 0.717) is 25.4 Å². The van der Waals surface area contributed by atoms with Gasteiger partial charge in [-0.05, 0) is 38.4 Å². The Morgan fingerprint density at radius 1 is 1.23 bits per heavy atom. The predicted molar refractivity (Wildman–Crippen MR) is 90.3 cm³/mol. The first kappa shape index (κ1) is 18.3. The molecule has 2 N–H and O–H groups in total. The topological polar surface area (TPSA) is 59.5 Å². The summed E-state index contributed by atoms with van der Waals surface area (Å²) in [6, 6.07) is 11.8. The first-order chi connectivity index (χ1) is 10.1. The Labute approximate surface area is 137 Å². The zero-order chi connectivity index (χ0) is 15.2. The lowest BCUT2D eigenvalue weighted by atomic mass is 10.2. The third-order valence-corrected chi connectivity index (χ3v) is 3.37. The van der Waals surface area contributed by atoms with Crippen LogP contribution in [0.3, 0.4) is 0 Å². The zero-order valence-corrected chi connectivity index (χ0v) is 13.9. The molecule has 2 rings (SSSR count). The van der Waals surface area contributed by atoms with E-state index >= 15 is 0 Å². The number of carbonyl (C=O) groups excluding carboxylic acids is 1. The molecule has 120 valence electrons. The van der Waals surface area contributed by atoms with Gasteiger partial charge >= 0.3 is 0 Å². The monoisotopic (exact) mass is 322 g/mol. The average Bonchev–Trinajstić information content (AvgIpc) is 2.82. The molecule has 1 amide bonds. The highest BCUT2D eigenvalue weighted by molar-refractivity contribution is 5.93. The number of furan rings is 1. The molecule has 4 nitrogen and oxygen atoms in total. The Bertz CT molecular complexity index is 596. The fourth-order valence-corrected chi connectivity index (χ4v) is 2.34. The van der Waals surface area contributed by atoms with Crippen LogP contribution in [0.4, 0.5) is 0 Å². The van der Waals surface area contributed by atoms with Crippen LogP contribution in [0.25, 0.3) is 0 Å². The maximum absolute atomic E-state index is 12.7. The Morgan fingerprint density at radius 3 is 2.45 bits per heavy atom. The normalized spacial score (nSPS) is 10.1. The van der Waals surface area contributed by atoms with Gasteiger partial charge in [0.15, 0.2) is 5.76 Å². The van der Waals surface area contributed by atoms with Gasteiger partial charge in [0.05, 0.1) is 0 Å². The molecule has 0 aliphatic carbocycles. The van der Waals surface area contributed by atoms with E-state index in [-0.39, 0.29) is 18.3 Å². The van der Waals surface area contributed by atoms with Crippen LogP contribution in [-0.4, -0.2) is 23.9 Å². The van der Waals surface area contributed by atoms with Gasteiger partial charge in [-0.25, -0.2) is 0 Å². The second kappa shape index (κ2) is 8.61. The number of hydrogen-bond acceptors (Lipinski definition) is 3. The summed E-state index contributed by atoms with van der Waals surface area (Å²) in [5.41, 5.74) is 7.56. The van der Waals surface area contributed by atoms with E-state index in [2.05, 4.69) is 0 Å². The van der Waals surface area contributed by atoms with E-state index in [4.69, 9.17) is 10.2 Å². The molecule has 0 saturated heterocycles. The summed E-state index contributed by atoms with van der Waals surface area (Å²) in [5.74, 6) is 1.12. The Hall–Kier alpha value is -1.78. The van der Waals surface area contributed by atoms with Crippen molar-refractivity contribution in [2.24, 2.45) is 5.73 Å². The minimum absolute atomic E-state index is 0. The molecule has 0 aliphatic heterocycles. The number of carbonyl (C=O) groups is 1. The fraction of sp³-hybridized carbons (Fsp3) is 0.353. The zero-order valence-electron chi connectivity index (χ0n) is 13.0. The van der Waals surface area contributed by atoms with Crippen LogP contribution in [0.15, 0.2) is 40.8 Å². The fourth-order valence-electron chi connectivity index (χ4n) is 2.34. The second-order valence-electron chi connectivity index (χ2n) is 5.22. The first-order valence-corrected chi connectivity index (χ1v) is 7.22. The van der Waals surface area contributed by atoms with E-state index in [0.717, 1.165) is 23.3 Å². The molecule has 1 heterocycles. The molecule has 22 heavy (non-hydrogen) atoms. The van der Waals surface area contributed by atoms with Crippen LogP contribution in [0.1, 0.15) is 33.9 Å². The molecule has 0 unspecified atom stereocenters. The van der Waals surface area contributed by atoms with Gasteiger partial charge in [0.25, 0.3) is 5.91 Å². The van der Waals surface area contributed by atoms with Crippen molar-refractivity contribution in [2.45, 2.75) is 26.8 Å². The molecule has 2 aromatic rings. The van der Waals surface area contributed by atoms with Crippen molar-refractivity contribution in [3.05, 3.63) is 59.0 Å². The van der Waals surface area contributed by atoms with Crippen molar-refractivity contribution in [2.75, 3.05) is 13.1 Å². The summed E-state index contributed by atoms with van der Waals surface area (Å²) in [5, 5.41) is 0. The summed E-state index contributed by atoms with van der Waals surface area (Å²) in [4.78, 5) is 14.5. The molecule has 0 aliphatic rings. The van der Waals surface area contributed by atoms with Crippen LogP contribution in [-0.2, 0) is 6.54 Å². The van der Waals surface area contributed by atoms with Gasteiger partial charge in [0, 0.05) is 18.7 Å². The summed E-state index contributed by atoms with van der Waals surface area (Å²) < 4.78 is 5.55. The molecular weight excluding hydrogens is 300 g/mol. The number of halogens is 1. The van der Waals surface area contributed by atoms with Crippen molar-refractivity contribution in [3.63, 3.8) is 0 Å². The van der Waals surface area contributed by atoms with Crippen LogP contribution in [0.2, 0.25) is 0 Å². The molecule has 1 aromatic heterocycles. The van der Waals surface area contributed by atoms with Crippen LogP contribution in [0.5, 0.6) is 0 Å². The minimum atomic E-state index is -0.0714. The number of rotatable bonds is 6. The molecule has 0 saturated carbocycles. The van der Waals surface area contributed by atoms with Gasteiger partial charge in [-0.1, -0.05) is 30.3 Å². The molecule has 0 radical (unpaired) electrons. The summed E-state index contributed by atoms with van der Waals surface area (Å²) in [6.45, 7) is 5.51. The number of hydrogen-bond donors (Lipinski definition) is 1. The largest absolute Gasteiger partial charge is 0.456 e. The molecule has 0 bridgehead atoms. The lowest BCUT2D eigenvalue weighted by Crippen LogP contribution is -2.32. The lowest BCUT2D eigenvalue weighted by Gasteiger charge is -2.22. The SMILES string of the molecule is Cc1cc(C)c(C(=O)N(CCCN)Cc2ccccc2)o1.Cl. The van der Waals surface area contributed by atoms with Gasteiger partial charge in [0.2, 0.25) is 0 Å². The third kappa shape index (κ3) is 4.61. The lowest BCUT2D eigenvalue weighted by molar-refractivity contribution is 0.0707. The van der Waals surface area contributed by atoms with Crippen molar-refractivity contribution >= 4 is 18.3 Å². The van der Waals surface area contributed by atoms with Crippen LogP contribution < -0.4 is 5.73 Å². The number of amides is 1. The Kier molecular flexibility index (Phi) is 7.15. The number of nitrogens with zero attached hydrogens (tertiary/aromatic N) is 1. The second-order valence-corrected chi connectivity index (χ2v) is 5.22. The van der Waals surface area contributed by atoms with E-state index in [9.17, 15) is 4.79 Å². The highest BCUT2D eigenvalue weighted by atomic mass is 35.5. The number of benzene rings is 1. The maximum atomic E-state index is 12.7. The van der Waals surface area contributed by atoms with Crippen molar-refractivity contribution in [3.8, 4) is 0 Å². The molecule has 5 heteroatoms. The van der Waals surface area contributed by atoms with Gasteiger partial charge < -0.3 is 15.1 Å². The number of aryl methyl sites for hydroxylation is 2. The van der Waals surface area contributed by atoms with Crippen molar-refractivity contribution in [1.82, 2.24) is 4.90 Å². The van der Waals surface area contributed by atoms with Crippen LogP contribution >= 0.6 is 12.4 Å². The average molecular weight is 323 g/mol. The van der Waals surface area contributed by atoms with Gasteiger partial charge in [-0.2, -0.15) is 0 Å². The maximum Gasteiger partial charge on any atom is 0.290 e. The van der Waals surface area contributed by atoms with Crippen molar-refractivity contribution in [1.29, 1.82) is 0 Å². The molecule has 0 fully saturated rings. The number of nitrogens with two attached hydrogens (primary N) is 1. The quantitative estimate of drug-likeness (QED) is 0.887. The van der Waals surface area contributed by atoms with E-state index < -0.39 is 0 Å². The van der Waals surface area contributed by atoms with E-state index in [1.54, 1.807) is 4.90 Å². The van der Waals surface area contributed by atoms with E-state index in [1.807, 2.05) is 50.2 Å². The predicted octanol–water partition coefficient (Wildman–Crippen LogP) is 3.31. The van der Waals surface area contributed by atoms with E-state index in [1.165, 1.54) is 0 Å². The molecular formula is C17H23ClN2O2. The Balaban J connectivity index is 0.00000242. The van der Waals surface area contributed by atoms with Gasteiger partial charge in [0.1, 0.15) is 5.76 Å². The van der Waals surface area contributed by atoms with Crippen LogP contribution in [0, 0.1) is 13.8 Å². The standard InChI is InChI=1S/C17H22N2O2.ClH/c1-13-11-14(2)21-16(13)17(20)19(10-6-9-18)12-15-7-4-3-5-8-15;/h3-5,7-8,11H,6,9-10,12,18H2,1-2H3;1H. The van der Waals surface area contributed by atoms with Gasteiger partial charge in [-0.15, -0.1) is 12.4 Å². The summed E-state index contributed by atoms with van der Waals surface area (Å²) in [6.07, 6.45) is 0.775. The smallest absolute Gasteiger partial charge is 0.290 e. The summed E-state index contributed by atoms with van der Waals surface area (Å²) >= 11 is 0. The molecule has 0 atom stereocenters. The molecule has 0 spiro atoms. The third-order valence-electron chi connectivity index (χ3n) is 3.37.